The van der Waals surface area contributed by atoms with Crippen LogP contribution in [0.25, 0.3) is 0 Å². The summed E-state index contributed by atoms with van der Waals surface area (Å²) < 4.78 is 51.3. The highest BCUT2D eigenvalue weighted by atomic mass is 19.4. The number of benzene rings is 2. The van der Waals surface area contributed by atoms with Crippen molar-refractivity contribution in [2.24, 2.45) is 0 Å². The molecule has 2 aromatic rings. The fourth-order valence-corrected chi connectivity index (χ4v) is 2.32. The normalized spacial score (nSPS) is 14.8. The van der Waals surface area contributed by atoms with Crippen molar-refractivity contribution < 1.29 is 22.7 Å². The molecule has 2 rings (SSSR count). The van der Waals surface area contributed by atoms with Gasteiger partial charge < -0.3 is 5.11 Å². The second-order valence-electron chi connectivity index (χ2n) is 5.08. The summed E-state index contributed by atoms with van der Waals surface area (Å²) in [5.74, 6) is -1.39. The van der Waals surface area contributed by atoms with E-state index in [0.29, 0.717) is 11.6 Å². The zero-order chi connectivity index (χ0) is 15.8. The summed E-state index contributed by atoms with van der Waals surface area (Å²) in [6, 6.07) is 9.39. The van der Waals surface area contributed by atoms with Gasteiger partial charge in [0.15, 0.2) is 0 Å². The molecular weight excluding hydrogens is 284 g/mol. The van der Waals surface area contributed by atoms with Crippen molar-refractivity contribution >= 4 is 0 Å². The molecule has 0 saturated carbocycles. The van der Waals surface area contributed by atoms with E-state index in [2.05, 4.69) is 0 Å². The monoisotopic (exact) mass is 298 g/mol. The van der Waals surface area contributed by atoms with E-state index < -0.39 is 23.2 Å². The summed E-state index contributed by atoms with van der Waals surface area (Å²) in [6.07, 6.45) is -4.75. The molecule has 0 bridgehead atoms. The minimum atomic E-state index is -4.75. The lowest BCUT2D eigenvalue weighted by Crippen LogP contribution is -2.24. The Hall–Kier alpha value is -1.88. The third kappa shape index (κ3) is 2.93. The van der Waals surface area contributed by atoms with Gasteiger partial charge in [-0.1, -0.05) is 30.3 Å². The molecule has 0 saturated heterocycles. The maximum Gasteiger partial charge on any atom is 0.419 e. The summed E-state index contributed by atoms with van der Waals surface area (Å²) in [5, 5.41) is 10.6. The zero-order valence-corrected chi connectivity index (χ0v) is 11.5. The van der Waals surface area contributed by atoms with Crippen molar-refractivity contribution in [3.05, 3.63) is 70.5 Å². The molecular formula is C16H14F4O. The molecule has 0 aliphatic heterocycles. The minimum absolute atomic E-state index is 0.0716. The predicted octanol–water partition coefficient (Wildman–Crippen LogP) is 4.41. The summed E-state index contributed by atoms with van der Waals surface area (Å²) in [7, 11) is 0. The van der Waals surface area contributed by atoms with E-state index in [4.69, 9.17) is 0 Å². The Labute approximate surface area is 119 Å². The van der Waals surface area contributed by atoms with Crippen molar-refractivity contribution in [3.63, 3.8) is 0 Å². The topological polar surface area (TPSA) is 20.2 Å². The maximum atomic E-state index is 13.7. The van der Waals surface area contributed by atoms with E-state index >= 15 is 0 Å². The summed E-state index contributed by atoms with van der Waals surface area (Å²) in [4.78, 5) is 0. The third-order valence-corrected chi connectivity index (χ3v) is 3.51. The number of rotatable bonds is 2. The van der Waals surface area contributed by atoms with Gasteiger partial charge in [0.1, 0.15) is 11.4 Å². The smallest absolute Gasteiger partial charge is 0.381 e. The van der Waals surface area contributed by atoms with Crippen LogP contribution in [0.5, 0.6) is 0 Å². The van der Waals surface area contributed by atoms with Crippen molar-refractivity contribution in [3.8, 4) is 0 Å². The van der Waals surface area contributed by atoms with Crippen LogP contribution in [0.3, 0.4) is 0 Å². The molecule has 1 nitrogen and oxygen atoms in total. The fraction of sp³-hybridized carbons (Fsp3) is 0.250. The van der Waals surface area contributed by atoms with Crippen LogP contribution in [0.2, 0.25) is 0 Å². The van der Waals surface area contributed by atoms with Crippen LogP contribution in [0.4, 0.5) is 17.6 Å². The van der Waals surface area contributed by atoms with Gasteiger partial charge in [-0.3, -0.25) is 0 Å². The highest BCUT2D eigenvalue weighted by molar-refractivity contribution is 5.41. The van der Waals surface area contributed by atoms with Crippen LogP contribution >= 0.6 is 0 Å². The van der Waals surface area contributed by atoms with Gasteiger partial charge in [0, 0.05) is 0 Å². The largest absolute Gasteiger partial charge is 0.419 e. The van der Waals surface area contributed by atoms with Crippen molar-refractivity contribution in [2.75, 3.05) is 0 Å². The molecule has 0 aromatic heterocycles. The highest BCUT2D eigenvalue weighted by Crippen LogP contribution is 2.36. The van der Waals surface area contributed by atoms with Crippen LogP contribution < -0.4 is 0 Å². The van der Waals surface area contributed by atoms with Crippen LogP contribution in [0, 0.1) is 12.7 Å². The Balaban J connectivity index is 2.52. The van der Waals surface area contributed by atoms with Crippen molar-refractivity contribution in [1.82, 2.24) is 0 Å². The Morgan fingerprint density at radius 2 is 1.57 bits per heavy atom. The summed E-state index contributed by atoms with van der Waals surface area (Å²) in [5.41, 5.74) is -1.56. The van der Waals surface area contributed by atoms with E-state index in [0.717, 1.165) is 17.7 Å². The third-order valence-electron chi connectivity index (χ3n) is 3.51. The molecule has 0 spiro atoms. The first-order valence-electron chi connectivity index (χ1n) is 6.29. The van der Waals surface area contributed by atoms with Crippen molar-refractivity contribution in [1.29, 1.82) is 0 Å². The van der Waals surface area contributed by atoms with E-state index in [1.54, 1.807) is 31.2 Å². The van der Waals surface area contributed by atoms with Gasteiger partial charge in [-0.25, -0.2) is 4.39 Å². The summed E-state index contributed by atoms with van der Waals surface area (Å²) in [6.45, 7) is 3.20. The Kier molecular flexibility index (Phi) is 3.80. The molecule has 2 aromatic carbocycles. The second-order valence-corrected chi connectivity index (χ2v) is 5.08. The number of hydrogen-bond donors (Lipinski definition) is 1. The quantitative estimate of drug-likeness (QED) is 0.814. The molecule has 0 amide bonds. The molecule has 0 radical (unpaired) electrons. The van der Waals surface area contributed by atoms with Gasteiger partial charge in [0.05, 0.1) is 5.56 Å². The average Bonchev–Trinajstić information content (AvgIpc) is 2.37. The van der Waals surface area contributed by atoms with E-state index in [-0.39, 0.29) is 5.56 Å². The molecule has 5 heteroatoms. The van der Waals surface area contributed by atoms with Crippen LogP contribution in [-0.2, 0) is 11.8 Å². The van der Waals surface area contributed by atoms with E-state index in [9.17, 15) is 22.7 Å². The lowest BCUT2D eigenvalue weighted by molar-refractivity contribution is -0.140. The number of aliphatic hydroxyl groups is 1. The van der Waals surface area contributed by atoms with E-state index in [1.807, 2.05) is 0 Å². The van der Waals surface area contributed by atoms with Gasteiger partial charge in [0.2, 0.25) is 0 Å². The standard InChI is InChI=1S/C16H14F4O/c1-10-5-3-4-6-12(10)15(2,21)11-7-8-13(14(17)9-11)16(18,19)20/h3-9,21H,1-2H3. The Morgan fingerprint density at radius 1 is 0.952 bits per heavy atom. The number of halogens is 4. The molecule has 0 aliphatic rings. The number of aryl methyl sites for hydroxylation is 1. The number of hydrogen-bond acceptors (Lipinski definition) is 1. The van der Waals surface area contributed by atoms with E-state index in [1.165, 1.54) is 6.92 Å². The molecule has 1 unspecified atom stereocenters. The van der Waals surface area contributed by atoms with Gasteiger partial charge in [-0.2, -0.15) is 13.2 Å². The molecule has 112 valence electrons. The van der Waals surface area contributed by atoms with Gasteiger partial charge in [0.25, 0.3) is 0 Å². The number of alkyl halides is 3. The first-order chi connectivity index (χ1) is 9.64. The van der Waals surface area contributed by atoms with Crippen LogP contribution in [0.1, 0.15) is 29.2 Å². The predicted molar refractivity (Wildman–Crippen MR) is 71.3 cm³/mol. The second kappa shape index (κ2) is 5.15. The zero-order valence-electron chi connectivity index (χ0n) is 11.5. The first kappa shape index (κ1) is 15.5. The maximum absolute atomic E-state index is 13.7. The lowest BCUT2D eigenvalue weighted by Gasteiger charge is -2.26. The van der Waals surface area contributed by atoms with Gasteiger partial charge in [-0.05, 0) is 42.7 Å². The van der Waals surface area contributed by atoms with Gasteiger partial charge in [-0.15, -0.1) is 0 Å². The molecule has 1 atom stereocenters. The first-order valence-corrected chi connectivity index (χ1v) is 6.29. The SMILES string of the molecule is Cc1ccccc1C(C)(O)c1ccc(C(F)(F)F)c(F)c1. The lowest BCUT2D eigenvalue weighted by atomic mass is 9.85. The molecule has 0 heterocycles. The van der Waals surface area contributed by atoms with Crippen LogP contribution in [-0.4, -0.2) is 5.11 Å². The molecule has 1 N–H and O–H groups in total. The Bertz CT molecular complexity index is 660. The minimum Gasteiger partial charge on any atom is -0.381 e. The van der Waals surface area contributed by atoms with Crippen LogP contribution in [0.15, 0.2) is 42.5 Å². The summed E-state index contributed by atoms with van der Waals surface area (Å²) >= 11 is 0. The molecule has 21 heavy (non-hydrogen) atoms. The average molecular weight is 298 g/mol. The highest BCUT2D eigenvalue weighted by Gasteiger charge is 2.35. The van der Waals surface area contributed by atoms with Gasteiger partial charge >= 0.3 is 6.18 Å². The molecule has 0 aliphatic carbocycles. The van der Waals surface area contributed by atoms with Crippen molar-refractivity contribution in [2.45, 2.75) is 25.6 Å². The Morgan fingerprint density at radius 3 is 2.10 bits per heavy atom. The fourth-order valence-electron chi connectivity index (χ4n) is 2.32. The molecule has 0 fully saturated rings.